The Balaban J connectivity index is 1.49. The van der Waals surface area contributed by atoms with Crippen molar-refractivity contribution in [3.05, 3.63) is 77.5 Å². The lowest BCUT2D eigenvalue weighted by molar-refractivity contribution is 0.0707. The molecule has 1 aliphatic heterocycles. The van der Waals surface area contributed by atoms with Gasteiger partial charge in [0.1, 0.15) is 11.6 Å². The molecule has 4 rings (SSSR count). The normalized spacial score (nSPS) is 16.5. The topological polar surface area (TPSA) is 54.3 Å². The molecule has 3 heterocycles. The molecule has 0 saturated carbocycles. The summed E-state index contributed by atoms with van der Waals surface area (Å²) >= 11 is 0. The zero-order chi connectivity index (χ0) is 21.1. The predicted molar refractivity (Wildman–Crippen MR) is 119 cm³/mol. The molecule has 0 N–H and O–H groups in total. The highest BCUT2D eigenvalue weighted by Crippen LogP contribution is 2.29. The summed E-state index contributed by atoms with van der Waals surface area (Å²) in [6.07, 6.45) is 7.76. The number of carbonyl (C=O) groups is 1. The Morgan fingerprint density at radius 2 is 2.03 bits per heavy atom. The third-order valence-corrected chi connectivity index (χ3v) is 5.86. The SMILES string of the molecule is Cc1nccn1Cc1cccc(C(=O)N2CCCC(c3ccnc(N(C)C)c3)C2)c1. The molecule has 0 spiro atoms. The van der Waals surface area contributed by atoms with E-state index < -0.39 is 0 Å². The maximum Gasteiger partial charge on any atom is 0.253 e. The van der Waals surface area contributed by atoms with Gasteiger partial charge in [0.15, 0.2) is 0 Å². The van der Waals surface area contributed by atoms with Crippen LogP contribution in [0.15, 0.2) is 55.0 Å². The smallest absolute Gasteiger partial charge is 0.253 e. The van der Waals surface area contributed by atoms with E-state index in [9.17, 15) is 4.79 Å². The van der Waals surface area contributed by atoms with Gasteiger partial charge < -0.3 is 14.4 Å². The van der Waals surface area contributed by atoms with Crippen LogP contribution in [0.1, 0.15) is 46.1 Å². The second-order valence-corrected chi connectivity index (χ2v) is 8.23. The zero-order valence-corrected chi connectivity index (χ0v) is 18.0. The van der Waals surface area contributed by atoms with E-state index in [0.29, 0.717) is 5.92 Å². The van der Waals surface area contributed by atoms with Crippen molar-refractivity contribution in [3.63, 3.8) is 0 Å². The summed E-state index contributed by atoms with van der Waals surface area (Å²) in [5, 5.41) is 0. The van der Waals surface area contributed by atoms with E-state index in [-0.39, 0.29) is 5.91 Å². The summed E-state index contributed by atoms with van der Waals surface area (Å²) in [7, 11) is 4.00. The van der Waals surface area contributed by atoms with E-state index in [0.717, 1.165) is 55.2 Å². The monoisotopic (exact) mass is 403 g/mol. The van der Waals surface area contributed by atoms with Gasteiger partial charge in [0.25, 0.3) is 5.91 Å². The number of benzene rings is 1. The lowest BCUT2D eigenvalue weighted by Crippen LogP contribution is -2.39. The Morgan fingerprint density at radius 1 is 1.17 bits per heavy atom. The number of hydrogen-bond donors (Lipinski definition) is 0. The van der Waals surface area contributed by atoms with Gasteiger partial charge in [0.2, 0.25) is 0 Å². The van der Waals surface area contributed by atoms with Gasteiger partial charge in [-0.25, -0.2) is 9.97 Å². The van der Waals surface area contributed by atoms with Crippen LogP contribution in [0.25, 0.3) is 0 Å². The number of aromatic nitrogens is 3. The molecule has 1 amide bonds. The number of carbonyl (C=O) groups excluding carboxylic acids is 1. The molecule has 1 fully saturated rings. The fourth-order valence-corrected chi connectivity index (χ4v) is 4.12. The quantitative estimate of drug-likeness (QED) is 0.652. The third-order valence-electron chi connectivity index (χ3n) is 5.86. The molecule has 1 aromatic carbocycles. The standard InChI is InChI=1S/C24H29N5O/c1-18-25-11-13-28(18)16-19-6-4-7-21(14-19)24(30)29-12-5-8-22(17-29)20-9-10-26-23(15-20)27(2)3/h4,6-7,9-11,13-15,22H,5,8,12,16-17H2,1-3H3. The lowest BCUT2D eigenvalue weighted by Gasteiger charge is -2.33. The van der Waals surface area contributed by atoms with Crippen LogP contribution in [0.2, 0.25) is 0 Å². The predicted octanol–water partition coefficient (Wildman–Crippen LogP) is 3.72. The van der Waals surface area contributed by atoms with Crippen LogP contribution < -0.4 is 4.90 Å². The van der Waals surface area contributed by atoms with Gasteiger partial charge in [0.05, 0.1) is 0 Å². The second kappa shape index (κ2) is 8.69. The van der Waals surface area contributed by atoms with Crippen molar-refractivity contribution in [2.24, 2.45) is 0 Å². The number of hydrogen-bond acceptors (Lipinski definition) is 4. The van der Waals surface area contributed by atoms with Gasteiger partial charge in [-0.15, -0.1) is 0 Å². The van der Waals surface area contributed by atoms with Crippen LogP contribution in [0, 0.1) is 6.92 Å². The molecule has 0 radical (unpaired) electrons. The highest BCUT2D eigenvalue weighted by Gasteiger charge is 2.26. The van der Waals surface area contributed by atoms with Gasteiger partial charge in [-0.3, -0.25) is 4.79 Å². The molecule has 30 heavy (non-hydrogen) atoms. The number of amides is 1. The second-order valence-electron chi connectivity index (χ2n) is 8.23. The minimum Gasteiger partial charge on any atom is -0.363 e. The Labute approximate surface area is 178 Å². The molecule has 6 heteroatoms. The number of anilines is 1. The zero-order valence-electron chi connectivity index (χ0n) is 18.0. The van der Waals surface area contributed by atoms with Gasteiger partial charge in [0, 0.05) is 63.8 Å². The van der Waals surface area contributed by atoms with E-state index in [1.54, 1.807) is 6.20 Å². The first kappa shape index (κ1) is 20.1. The maximum absolute atomic E-state index is 13.3. The molecule has 156 valence electrons. The molecule has 3 aromatic rings. The summed E-state index contributed by atoms with van der Waals surface area (Å²) in [5.41, 5.74) is 3.13. The van der Waals surface area contributed by atoms with E-state index >= 15 is 0 Å². The first-order valence-corrected chi connectivity index (χ1v) is 10.5. The molecule has 0 bridgehead atoms. The highest BCUT2D eigenvalue weighted by molar-refractivity contribution is 5.94. The number of likely N-dealkylation sites (tertiary alicyclic amines) is 1. The van der Waals surface area contributed by atoms with Gasteiger partial charge in [-0.2, -0.15) is 0 Å². The molecular weight excluding hydrogens is 374 g/mol. The Bertz CT molecular complexity index is 1030. The lowest BCUT2D eigenvalue weighted by atomic mass is 9.90. The number of rotatable bonds is 5. The summed E-state index contributed by atoms with van der Waals surface area (Å²) in [6, 6.07) is 12.2. The van der Waals surface area contributed by atoms with Crippen molar-refractivity contribution >= 4 is 11.7 Å². The van der Waals surface area contributed by atoms with Crippen molar-refractivity contribution in [1.29, 1.82) is 0 Å². The maximum atomic E-state index is 13.3. The van der Waals surface area contributed by atoms with E-state index in [1.807, 2.05) is 61.4 Å². The number of nitrogens with zero attached hydrogens (tertiary/aromatic N) is 5. The largest absolute Gasteiger partial charge is 0.363 e. The van der Waals surface area contributed by atoms with Gasteiger partial charge in [-0.05, 0) is 55.2 Å². The fraction of sp³-hybridized carbons (Fsp3) is 0.375. The number of pyridine rings is 1. The van der Waals surface area contributed by atoms with Crippen LogP contribution in [-0.4, -0.2) is 52.5 Å². The number of aryl methyl sites for hydroxylation is 1. The molecule has 1 saturated heterocycles. The molecule has 2 aromatic heterocycles. The van der Waals surface area contributed by atoms with Crippen LogP contribution in [0.3, 0.4) is 0 Å². The van der Waals surface area contributed by atoms with E-state index in [4.69, 9.17) is 0 Å². The van der Waals surface area contributed by atoms with E-state index in [2.05, 4.69) is 32.7 Å². The van der Waals surface area contributed by atoms with Crippen LogP contribution >= 0.6 is 0 Å². The minimum atomic E-state index is 0.116. The van der Waals surface area contributed by atoms with Crippen molar-refractivity contribution in [3.8, 4) is 0 Å². The Kier molecular flexibility index (Phi) is 5.84. The summed E-state index contributed by atoms with van der Waals surface area (Å²) in [5.74, 6) is 2.39. The van der Waals surface area contributed by atoms with Gasteiger partial charge in [-0.1, -0.05) is 12.1 Å². The van der Waals surface area contributed by atoms with Crippen molar-refractivity contribution in [1.82, 2.24) is 19.4 Å². The van der Waals surface area contributed by atoms with Crippen molar-refractivity contribution < 1.29 is 4.79 Å². The summed E-state index contributed by atoms with van der Waals surface area (Å²) in [6.45, 7) is 4.27. The summed E-state index contributed by atoms with van der Waals surface area (Å²) < 4.78 is 2.09. The number of imidazole rings is 1. The van der Waals surface area contributed by atoms with Gasteiger partial charge >= 0.3 is 0 Å². The van der Waals surface area contributed by atoms with Crippen LogP contribution in [-0.2, 0) is 6.54 Å². The molecule has 1 unspecified atom stereocenters. The Hall–Kier alpha value is -3.15. The van der Waals surface area contributed by atoms with E-state index in [1.165, 1.54) is 5.56 Å². The minimum absolute atomic E-state index is 0.116. The van der Waals surface area contributed by atoms with Crippen LogP contribution in [0.5, 0.6) is 0 Å². The fourth-order valence-electron chi connectivity index (χ4n) is 4.12. The molecule has 0 aliphatic carbocycles. The molecular formula is C24H29N5O. The average Bonchev–Trinajstić information content (AvgIpc) is 3.18. The molecule has 6 nitrogen and oxygen atoms in total. The third kappa shape index (κ3) is 4.37. The Morgan fingerprint density at radius 3 is 2.80 bits per heavy atom. The molecule has 1 aliphatic rings. The highest BCUT2D eigenvalue weighted by atomic mass is 16.2. The van der Waals surface area contributed by atoms with Crippen LogP contribution in [0.4, 0.5) is 5.82 Å². The molecule has 1 atom stereocenters. The number of piperidine rings is 1. The van der Waals surface area contributed by atoms with Crippen molar-refractivity contribution in [2.75, 3.05) is 32.1 Å². The first-order valence-electron chi connectivity index (χ1n) is 10.5. The first-order chi connectivity index (χ1) is 14.5. The average molecular weight is 404 g/mol. The summed E-state index contributed by atoms with van der Waals surface area (Å²) in [4.78, 5) is 26.0. The van der Waals surface area contributed by atoms with Crippen molar-refractivity contribution in [2.45, 2.75) is 32.2 Å².